The Morgan fingerprint density at radius 2 is 1.41 bits per heavy atom. The van der Waals surface area contributed by atoms with Crippen LogP contribution in [0, 0.1) is 0 Å². The van der Waals surface area contributed by atoms with E-state index in [-0.39, 0.29) is 24.8 Å². The molecule has 2 N–H and O–H groups in total. The van der Waals surface area contributed by atoms with E-state index in [0.717, 1.165) is 25.7 Å². The predicted octanol–water partition coefficient (Wildman–Crippen LogP) is 7.87. The van der Waals surface area contributed by atoms with Gasteiger partial charge < -0.3 is 15.2 Å². The van der Waals surface area contributed by atoms with Crippen LogP contribution in [0.2, 0.25) is 0 Å². The minimum Gasteiger partial charge on any atom is -0.394 e. The summed E-state index contributed by atoms with van der Waals surface area (Å²) >= 11 is 0. The summed E-state index contributed by atoms with van der Waals surface area (Å²) in [6, 6.07) is 0. The van der Waals surface area contributed by atoms with E-state index in [9.17, 15) is 9.90 Å². The van der Waals surface area contributed by atoms with E-state index in [0.29, 0.717) is 23.4 Å². The van der Waals surface area contributed by atoms with Crippen LogP contribution in [0.25, 0.3) is 11.2 Å². The molecule has 1 aliphatic heterocycles. The number of anilines is 1. The van der Waals surface area contributed by atoms with Crippen molar-refractivity contribution < 1.29 is 14.6 Å². The fourth-order valence-corrected chi connectivity index (χ4v) is 5.56. The molecule has 8 heteroatoms. The van der Waals surface area contributed by atoms with Gasteiger partial charge in [-0.05, 0) is 19.3 Å². The molecule has 1 fully saturated rings. The zero-order valence-electron chi connectivity index (χ0n) is 24.4. The van der Waals surface area contributed by atoms with Gasteiger partial charge in [-0.3, -0.25) is 9.36 Å². The van der Waals surface area contributed by atoms with Gasteiger partial charge in [-0.15, -0.1) is 0 Å². The molecule has 0 saturated carbocycles. The fraction of sp³-hybridized carbons (Fsp3) is 0.806. The van der Waals surface area contributed by atoms with Crippen molar-refractivity contribution in [3.8, 4) is 0 Å². The second-order valence-corrected chi connectivity index (χ2v) is 11.3. The number of rotatable bonds is 22. The maximum Gasteiger partial charge on any atom is 0.225 e. The smallest absolute Gasteiger partial charge is 0.225 e. The van der Waals surface area contributed by atoms with Gasteiger partial charge in [0.15, 0.2) is 17.0 Å². The number of imidazole rings is 1. The lowest BCUT2D eigenvalue weighted by molar-refractivity contribution is -0.116. The summed E-state index contributed by atoms with van der Waals surface area (Å²) in [4.78, 5) is 25.5. The maximum absolute atomic E-state index is 12.5. The van der Waals surface area contributed by atoms with E-state index in [4.69, 9.17) is 4.74 Å². The SMILES string of the molecule is CCCCCCCCCCCCCCCCCCCCC(=O)Nc1ncnc2c1ncn2[C@H]1CC[C@@H](CO)O1. The summed E-state index contributed by atoms with van der Waals surface area (Å²) in [5, 5.41) is 12.3. The van der Waals surface area contributed by atoms with E-state index in [1.54, 1.807) is 6.33 Å². The van der Waals surface area contributed by atoms with Gasteiger partial charge in [-0.25, -0.2) is 15.0 Å². The highest BCUT2D eigenvalue weighted by Crippen LogP contribution is 2.31. The van der Waals surface area contributed by atoms with Crippen LogP contribution < -0.4 is 5.32 Å². The Bertz CT molecular complexity index is 934. The summed E-state index contributed by atoms with van der Waals surface area (Å²) in [7, 11) is 0. The first kappa shape index (κ1) is 31.5. The summed E-state index contributed by atoms with van der Waals surface area (Å²) in [5.41, 5.74) is 1.21. The van der Waals surface area contributed by atoms with Crippen molar-refractivity contribution in [2.75, 3.05) is 11.9 Å². The van der Waals surface area contributed by atoms with Gasteiger partial charge in [0, 0.05) is 6.42 Å². The molecule has 3 rings (SSSR count). The molecule has 0 bridgehead atoms. The summed E-state index contributed by atoms with van der Waals surface area (Å²) in [5.74, 6) is 0.418. The van der Waals surface area contributed by atoms with Crippen LogP contribution in [-0.4, -0.2) is 43.2 Å². The molecule has 0 aliphatic carbocycles. The largest absolute Gasteiger partial charge is 0.394 e. The van der Waals surface area contributed by atoms with Crippen LogP contribution in [-0.2, 0) is 9.53 Å². The van der Waals surface area contributed by atoms with E-state index < -0.39 is 0 Å². The third-order valence-electron chi connectivity index (χ3n) is 7.97. The lowest BCUT2D eigenvalue weighted by Crippen LogP contribution is -2.15. The van der Waals surface area contributed by atoms with Gasteiger partial charge in [-0.2, -0.15) is 0 Å². The fourth-order valence-electron chi connectivity index (χ4n) is 5.56. The standard InChI is InChI=1S/C31H53N5O3/c1-2-3-4-5-6-7-8-9-10-11-12-13-14-15-16-17-18-19-20-27(38)35-30-29-31(33-24-32-30)36(25-34-29)28-22-21-26(23-37)39-28/h24-26,28,37H,2-23H2,1H3,(H,32,33,35,38)/t26-,28+/m0/s1. The van der Waals surface area contributed by atoms with Crippen molar-refractivity contribution in [2.24, 2.45) is 0 Å². The van der Waals surface area contributed by atoms with Crippen molar-refractivity contribution in [2.45, 2.75) is 154 Å². The molecule has 0 radical (unpaired) electrons. The van der Waals surface area contributed by atoms with E-state index in [2.05, 4.69) is 27.2 Å². The van der Waals surface area contributed by atoms with Gasteiger partial charge in [0.25, 0.3) is 0 Å². The highest BCUT2D eigenvalue weighted by molar-refractivity contribution is 5.96. The molecule has 3 heterocycles. The summed E-state index contributed by atoms with van der Waals surface area (Å²) in [6.07, 6.45) is 28.9. The number of ether oxygens (including phenoxy) is 1. The topological polar surface area (TPSA) is 102 Å². The lowest BCUT2D eigenvalue weighted by Gasteiger charge is -2.13. The lowest BCUT2D eigenvalue weighted by atomic mass is 10.0. The Hall–Kier alpha value is -2.06. The van der Waals surface area contributed by atoms with Gasteiger partial charge in [-0.1, -0.05) is 116 Å². The van der Waals surface area contributed by atoms with Gasteiger partial charge >= 0.3 is 0 Å². The van der Waals surface area contributed by atoms with Crippen LogP contribution in [0.4, 0.5) is 5.82 Å². The molecule has 8 nitrogen and oxygen atoms in total. The average molecular weight is 544 g/mol. The summed E-state index contributed by atoms with van der Waals surface area (Å²) < 4.78 is 7.72. The first-order chi connectivity index (χ1) is 19.2. The molecule has 2 aromatic rings. The Kier molecular flexibility index (Phi) is 15.4. The highest BCUT2D eigenvalue weighted by atomic mass is 16.5. The number of nitrogens with one attached hydrogen (secondary N) is 1. The maximum atomic E-state index is 12.5. The minimum atomic E-state index is -0.203. The number of hydrogen-bond acceptors (Lipinski definition) is 6. The van der Waals surface area contributed by atoms with Crippen molar-refractivity contribution in [1.29, 1.82) is 0 Å². The Morgan fingerprint density at radius 1 is 0.846 bits per heavy atom. The molecule has 1 aliphatic rings. The molecule has 1 saturated heterocycles. The Labute approximate surface area is 235 Å². The first-order valence-corrected chi connectivity index (χ1v) is 16.0. The molecule has 220 valence electrons. The quantitative estimate of drug-likeness (QED) is 0.147. The molecule has 1 amide bonds. The number of aliphatic hydroxyl groups excluding tert-OH is 1. The molecule has 0 spiro atoms. The zero-order valence-corrected chi connectivity index (χ0v) is 24.4. The van der Waals surface area contributed by atoms with Gasteiger partial charge in [0.1, 0.15) is 12.6 Å². The van der Waals surface area contributed by atoms with Crippen molar-refractivity contribution in [3.63, 3.8) is 0 Å². The minimum absolute atomic E-state index is 0.0128. The Morgan fingerprint density at radius 3 is 1.95 bits per heavy atom. The van der Waals surface area contributed by atoms with Crippen molar-refractivity contribution >= 4 is 22.9 Å². The average Bonchev–Trinajstić information content (AvgIpc) is 3.60. The van der Waals surface area contributed by atoms with E-state index in [1.807, 2.05) is 4.57 Å². The van der Waals surface area contributed by atoms with E-state index in [1.165, 1.54) is 109 Å². The monoisotopic (exact) mass is 543 g/mol. The number of amides is 1. The van der Waals surface area contributed by atoms with Crippen molar-refractivity contribution in [1.82, 2.24) is 19.5 Å². The second kappa shape index (κ2) is 19.1. The van der Waals surface area contributed by atoms with Gasteiger partial charge in [0.2, 0.25) is 5.91 Å². The van der Waals surface area contributed by atoms with Crippen LogP contribution >= 0.6 is 0 Å². The first-order valence-electron chi connectivity index (χ1n) is 16.0. The Balaban J connectivity index is 1.17. The van der Waals surface area contributed by atoms with Crippen LogP contribution in [0.1, 0.15) is 148 Å². The molecule has 2 atom stereocenters. The highest BCUT2D eigenvalue weighted by Gasteiger charge is 2.28. The second-order valence-electron chi connectivity index (χ2n) is 11.3. The van der Waals surface area contributed by atoms with Crippen molar-refractivity contribution in [3.05, 3.63) is 12.7 Å². The molecule has 2 aromatic heterocycles. The number of nitrogens with zero attached hydrogens (tertiary/aromatic N) is 4. The number of fused-ring (bicyclic) bond motifs is 1. The summed E-state index contributed by atoms with van der Waals surface area (Å²) in [6.45, 7) is 2.29. The number of carbonyl (C=O) groups is 1. The van der Waals surface area contributed by atoms with Crippen LogP contribution in [0.5, 0.6) is 0 Å². The molecule has 0 aromatic carbocycles. The molecular formula is C31H53N5O3. The molecule has 39 heavy (non-hydrogen) atoms. The predicted molar refractivity (Wildman–Crippen MR) is 158 cm³/mol. The van der Waals surface area contributed by atoms with Crippen LogP contribution in [0.15, 0.2) is 12.7 Å². The van der Waals surface area contributed by atoms with Crippen LogP contribution in [0.3, 0.4) is 0 Å². The third kappa shape index (κ3) is 11.5. The zero-order chi connectivity index (χ0) is 27.5. The van der Waals surface area contributed by atoms with Gasteiger partial charge in [0.05, 0.1) is 19.0 Å². The molecule has 0 unspecified atom stereocenters. The number of aliphatic hydroxyl groups is 1. The number of hydrogen-bond donors (Lipinski definition) is 2. The third-order valence-corrected chi connectivity index (χ3v) is 7.97. The normalized spacial score (nSPS) is 17.3. The number of aromatic nitrogens is 4. The number of unbranched alkanes of at least 4 members (excludes halogenated alkanes) is 17. The molecular weight excluding hydrogens is 490 g/mol. The number of carbonyl (C=O) groups excluding carboxylic acids is 1. The van der Waals surface area contributed by atoms with E-state index >= 15 is 0 Å².